The Morgan fingerprint density at radius 1 is 0.707 bits per heavy atom. The molecular weight excluding hydrogens is 532 g/mol. The molecule has 0 saturated heterocycles. The lowest BCUT2D eigenvalue weighted by molar-refractivity contribution is 0.0607. The second-order valence-electron chi connectivity index (χ2n) is 10.7. The Morgan fingerprint density at radius 2 is 1.29 bits per heavy atom. The largest absolute Gasteiger partial charge is 0.274 e. The standard InChI is InChI=1S/C33H30N4O3S/c1-2-3-4-5-6-7-8-9-10-11-14-37-32(38)25-16-22(19-35)28-24-15-21(18-34)12-13-27(24)41(40)31-23(20-36)17-26(33(37)39)29(25)30(28)31/h12-13,15-17H,2-11,14H2,1H3. The van der Waals surface area contributed by atoms with Crippen molar-refractivity contribution in [3.05, 3.63) is 58.1 Å². The van der Waals surface area contributed by atoms with Crippen LogP contribution in [0.2, 0.25) is 0 Å². The van der Waals surface area contributed by atoms with Crippen LogP contribution in [0.1, 0.15) is 109 Å². The number of benzene rings is 3. The van der Waals surface area contributed by atoms with E-state index in [-0.39, 0.29) is 33.7 Å². The second kappa shape index (κ2) is 12.0. The SMILES string of the molecule is CCCCCCCCCCCCN1C(=O)c2cc(C#N)c3c4c(c(C#N)cc(c24)C1=O)S(=O)c1ccc(C#N)cc1-3. The van der Waals surface area contributed by atoms with Gasteiger partial charge in [0, 0.05) is 28.4 Å². The molecule has 0 aromatic heterocycles. The van der Waals surface area contributed by atoms with Crippen molar-refractivity contribution >= 4 is 33.4 Å². The minimum absolute atomic E-state index is 0.0738. The predicted molar refractivity (Wildman–Crippen MR) is 155 cm³/mol. The summed E-state index contributed by atoms with van der Waals surface area (Å²) in [6, 6.07) is 13.9. The summed E-state index contributed by atoms with van der Waals surface area (Å²) in [5.41, 5.74) is 1.80. The van der Waals surface area contributed by atoms with E-state index >= 15 is 0 Å². The van der Waals surface area contributed by atoms with Gasteiger partial charge in [-0.1, -0.05) is 64.7 Å². The van der Waals surface area contributed by atoms with Crippen LogP contribution in [-0.2, 0) is 10.8 Å². The third kappa shape index (κ3) is 4.92. The molecule has 2 heterocycles. The molecule has 8 heteroatoms. The van der Waals surface area contributed by atoms with E-state index in [1.807, 2.05) is 0 Å². The number of nitriles is 3. The number of carbonyl (C=O) groups excluding carboxylic acids is 2. The summed E-state index contributed by atoms with van der Waals surface area (Å²) in [7, 11) is -1.81. The number of rotatable bonds is 11. The maximum atomic E-state index is 13.8. The fourth-order valence-electron chi connectivity index (χ4n) is 6.00. The van der Waals surface area contributed by atoms with Crippen molar-refractivity contribution in [3.8, 4) is 29.3 Å². The first-order chi connectivity index (χ1) is 20.0. The van der Waals surface area contributed by atoms with Crippen molar-refractivity contribution in [3.63, 3.8) is 0 Å². The molecule has 2 aliphatic heterocycles. The first kappa shape index (κ1) is 28.2. The van der Waals surface area contributed by atoms with Crippen LogP contribution in [0.3, 0.4) is 0 Å². The molecule has 5 rings (SSSR count). The zero-order chi connectivity index (χ0) is 29.1. The summed E-state index contributed by atoms with van der Waals surface area (Å²) in [5.74, 6) is -0.973. The van der Waals surface area contributed by atoms with Crippen molar-refractivity contribution in [1.29, 1.82) is 15.8 Å². The van der Waals surface area contributed by atoms with Crippen LogP contribution >= 0.6 is 0 Å². The molecule has 0 radical (unpaired) electrons. The zero-order valence-corrected chi connectivity index (χ0v) is 23.9. The van der Waals surface area contributed by atoms with E-state index in [2.05, 4.69) is 25.1 Å². The van der Waals surface area contributed by atoms with Crippen LogP contribution in [0, 0.1) is 34.0 Å². The molecule has 0 spiro atoms. The van der Waals surface area contributed by atoms with Crippen LogP contribution in [0.4, 0.5) is 0 Å². The summed E-state index contributed by atoms with van der Waals surface area (Å²) in [4.78, 5) is 29.2. The Kier molecular flexibility index (Phi) is 8.29. The fourth-order valence-corrected chi connectivity index (χ4v) is 7.46. The van der Waals surface area contributed by atoms with Crippen LogP contribution in [-0.4, -0.2) is 27.5 Å². The highest BCUT2D eigenvalue weighted by Gasteiger charge is 2.39. The Morgan fingerprint density at radius 3 is 1.88 bits per heavy atom. The highest BCUT2D eigenvalue weighted by Crippen LogP contribution is 2.49. The van der Waals surface area contributed by atoms with Crippen LogP contribution in [0.5, 0.6) is 0 Å². The maximum absolute atomic E-state index is 13.8. The van der Waals surface area contributed by atoms with E-state index < -0.39 is 22.6 Å². The zero-order valence-electron chi connectivity index (χ0n) is 23.1. The molecule has 2 aliphatic rings. The van der Waals surface area contributed by atoms with Gasteiger partial charge in [-0.05, 0) is 36.8 Å². The average Bonchev–Trinajstić information content (AvgIpc) is 3.00. The number of carbonyl (C=O) groups is 2. The van der Waals surface area contributed by atoms with E-state index in [0.29, 0.717) is 38.8 Å². The molecule has 7 nitrogen and oxygen atoms in total. The molecule has 1 atom stereocenters. The van der Waals surface area contributed by atoms with Crippen molar-refractivity contribution in [1.82, 2.24) is 4.90 Å². The summed E-state index contributed by atoms with van der Waals surface area (Å²) in [5, 5.41) is 30.3. The molecule has 2 amide bonds. The smallest absolute Gasteiger partial charge is 0.261 e. The number of hydrogen-bond donors (Lipinski definition) is 0. The minimum atomic E-state index is -1.81. The van der Waals surface area contributed by atoms with Crippen LogP contribution in [0.25, 0.3) is 21.9 Å². The van der Waals surface area contributed by atoms with Gasteiger partial charge in [-0.3, -0.25) is 14.5 Å². The van der Waals surface area contributed by atoms with Gasteiger partial charge >= 0.3 is 0 Å². The van der Waals surface area contributed by atoms with Crippen molar-refractivity contribution in [2.75, 3.05) is 6.54 Å². The molecule has 3 aromatic rings. The van der Waals surface area contributed by atoms with Gasteiger partial charge in [-0.25, -0.2) is 4.21 Å². The van der Waals surface area contributed by atoms with E-state index in [9.17, 15) is 29.6 Å². The molecule has 41 heavy (non-hydrogen) atoms. The Hall–Kier alpha value is -4.32. The number of imide groups is 1. The summed E-state index contributed by atoms with van der Waals surface area (Å²) in [6.45, 7) is 2.46. The van der Waals surface area contributed by atoms with Gasteiger partial charge in [-0.15, -0.1) is 0 Å². The molecule has 0 bridgehead atoms. The molecular formula is C33H30N4O3S. The Balaban J connectivity index is 1.48. The average molecular weight is 563 g/mol. The molecule has 0 aliphatic carbocycles. The molecule has 0 saturated carbocycles. The first-order valence-corrected chi connectivity index (χ1v) is 15.4. The topological polar surface area (TPSA) is 126 Å². The summed E-state index contributed by atoms with van der Waals surface area (Å²) in [6.07, 6.45) is 11.3. The summed E-state index contributed by atoms with van der Waals surface area (Å²) < 4.78 is 13.8. The van der Waals surface area contributed by atoms with Crippen LogP contribution in [0.15, 0.2) is 40.1 Å². The number of nitrogens with zero attached hydrogens (tertiary/aromatic N) is 4. The first-order valence-electron chi connectivity index (χ1n) is 14.3. The monoisotopic (exact) mass is 562 g/mol. The molecule has 3 aromatic carbocycles. The molecule has 0 N–H and O–H groups in total. The van der Waals surface area contributed by atoms with Crippen molar-refractivity contribution < 1.29 is 13.8 Å². The van der Waals surface area contributed by atoms with E-state index in [1.165, 1.54) is 55.6 Å². The molecule has 206 valence electrons. The van der Waals surface area contributed by atoms with Gasteiger partial charge in [0.05, 0.1) is 60.5 Å². The lowest BCUT2D eigenvalue weighted by atomic mass is 9.84. The number of unbranched alkanes of at least 4 members (excludes halogenated alkanes) is 9. The predicted octanol–water partition coefficient (Wildman–Crippen LogP) is 7.12. The van der Waals surface area contributed by atoms with Crippen molar-refractivity contribution in [2.45, 2.75) is 80.9 Å². The molecule has 1 unspecified atom stereocenters. The van der Waals surface area contributed by atoms with Gasteiger partial charge in [0.15, 0.2) is 0 Å². The van der Waals surface area contributed by atoms with E-state index in [1.54, 1.807) is 18.2 Å². The van der Waals surface area contributed by atoms with E-state index in [4.69, 9.17) is 0 Å². The van der Waals surface area contributed by atoms with Gasteiger partial charge in [-0.2, -0.15) is 15.8 Å². The third-order valence-electron chi connectivity index (χ3n) is 8.05. The third-order valence-corrected chi connectivity index (χ3v) is 9.60. The van der Waals surface area contributed by atoms with Gasteiger partial charge in [0.25, 0.3) is 11.8 Å². The normalized spacial score (nSPS) is 14.9. The fraction of sp³-hybridized carbons (Fsp3) is 0.364. The Bertz CT molecular complexity index is 1720. The van der Waals surface area contributed by atoms with Gasteiger partial charge in [0.2, 0.25) is 0 Å². The van der Waals surface area contributed by atoms with Gasteiger partial charge < -0.3 is 0 Å². The van der Waals surface area contributed by atoms with Gasteiger partial charge in [0.1, 0.15) is 6.07 Å². The molecule has 0 fully saturated rings. The summed E-state index contributed by atoms with van der Waals surface area (Å²) >= 11 is 0. The van der Waals surface area contributed by atoms with Crippen molar-refractivity contribution in [2.24, 2.45) is 0 Å². The quantitative estimate of drug-likeness (QED) is 0.141. The second-order valence-corrected chi connectivity index (χ2v) is 12.0. The van der Waals surface area contributed by atoms with Crippen LogP contribution < -0.4 is 0 Å². The Labute approximate surface area is 242 Å². The maximum Gasteiger partial charge on any atom is 0.261 e. The highest BCUT2D eigenvalue weighted by atomic mass is 32.2. The number of fused-ring (bicyclic) bond motifs is 2. The number of hydrogen-bond acceptors (Lipinski definition) is 6. The lowest BCUT2D eigenvalue weighted by Gasteiger charge is -2.31. The van der Waals surface area contributed by atoms with E-state index in [0.717, 1.165) is 19.3 Å². The minimum Gasteiger partial charge on any atom is -0.274 e. The highest BCUT2D eigenvalue weighted by molar-refractivity contribution is 7.85. The number of amides is 2. The lowest BCUT2D eigenvalue weighted by Crippen LogP contribution is -2.41.